The Hall–Kier alpha value is -0.320. The van der Waals surface area contributed by atoms with Gasteiger partial charge < -0.3 is 15.4 Å². The Morgan fingerprint density at radius 1 is 1.31 bits per heavy atom. The van der Waals surface area contributed by atoms with Gasteiger partial charge in [0.1, 0.15) is 0 Å². The second kappa shape index (κ2) is 4.90. The number of carbonyl (C=O) groups excluding carboxylic acids is 1. The Labute approximate surface area is 102 Å². The van der Waals surface area contributed by atoms with Gasteiger partial charge in [-0.15, -0.1) is 12.4 Å². The van der Waals surface area contributed by atoms with Crippen molar-refractivity contribution in [2.24, 2.45) is 5.92 Å². The normalized spacial score (nSPS) is 40.8. The summed E-state index contributed by atoms with van der Waals surface area (Å²) in [6, 6.07) is 0.289. The van der Waals surface area contributed by atoms with Gasteiger partial charge in [0.2, 0.25) is 5.91 Å². The highest BCUT2D eigenvalue weighted by atomic mass is 35.5. The van der Waals surface area contributed by atoms with Crippen LogP contribution < -0.4 is 10.6 Å². The largest absolute Gasteiger partial charge is 0.373 e. The summed E-state index contributed by atoms with van der Waals surface area (Å²) in [6.45, 7) is 1.82. The molecule has 3 aliphatic rings. The van der Waals surface area contributed by atoms with E-state index < -0.39 is 0 Å². The molecule has 0 spiro atoms. The zero-order valence-electron chi connectivity index (χ0n) is 9.28. The lowest BCUT2D eigenvalue weighted by atomic mass is 9.95. The van der Waals surface area contributed by atoms with Crippen LogP contribution in [0.3, 0.4) is 0 Å². The fourth-order valence-electron chi connectivity index (χ4n) is 2.97. The Morgan fingerprint density at radius 2 is 2.19 bits per heavy atom. The fraction of sp³-hybridized carbons (Fsp3) is 0.909. The van der Waals surface area contributed by atoms with Crippen LogP contribution in [-0.4, -0.2) is 37.2 Å². The lowest BCUT2D eigenvalue weighted by Gasteiger charge is -2.21. The van der Waals surface area contributed by atoms with Crippen molar-refractivity contribution < 1.29 is 9.53 Å². The third kappa shape index (κ3) is 2.19. The monoisotopic (exact) mass is 246 g/mol. The minimum Gasteiger partial charge on any atom is -0.373 e. The summed E-state index contributed by atoms with van der Waals surface area (Å²) in [5.41, 5.74) is 0. The van der Waals surface area contributed by atoms with E-state index in [0.29, 0.717) is 12.2 Å². The molecule has 0 aromatic rings. The molecule has 16 heavy (non-hydrogen) atoms. The lowest BCUT2D eigenvalue weighted by molar-refractivity contribution is -0.125. The summed E-state index contributed by atoms with van der Waals surface area (Å²) in [6.07, 6.45) is 5.03. The molecule has 0 saturated carbocycles. The van der Waals surface area contributed by atoms with Gasteiger partial charge in [-0.25, -0.2) is 0 Å². The van der Waals surface area contributed by atoms with E-state index >= 15 is 0 Å². The average molecular weight is 247 g/mol. The van der Waals surface area contributed by atoms with Crippen molar-refractivity contribution in [2.75, 3.05) is 13.1 Å². The van der Waals surface area contributed by atoms with Gasteiger partial charge in [0.15, 0.2) is 0 Å². The summed E-state index contributed by atoms with van der Waals surface area (Å²) >= 11 is 0. The number of rotatable bonds is 2. The van der Waals surface area contributed by atoms with Crippen molar-refractivity contribution in [2.45, 2.75) is 43.9 Å². The number of carbonyl (C=O) groups is 1. The molecule has 2 bridgehead atoms. The maximum atomic E-state index is 11.9. The van der Waals surface area contributed by atoms with Crippen molar-refractivity contribution in [1.29, 1.82) is 0 Å². The number of amides is 1. The molecule has 0 aromatic heterocycles. The number of fused-ring (bicyclic) bond motifs is 2. The molecule has 3 saturated heterocycles. The summed E-state index contributed by atoms with van der Waals surface area (Å²) in [4.78, 5) is 11.9. The van der Waals surface area contributed by atoms with Crippen LogP contribution in [-0.2, 0) is 9.53 Å². The van der Waals surface area contributed by atoms with E-state index in [1.165, 1.54) is 6.42 Å². The van der Waals surface area contributed by atoms with Crippen LogP contribution in [0.5, 0.6) is 0 Å². The topological polar surface area (TPSA) is 50.4 Å². The van der Waals surface area contributed by atoms with Crippen LogP contribution in [0.1, 0.15) is 25.7 Å². The van der Waals surface area contributed by atoms with Gasteiger partial charge in [-0.05, 0) is 32.2 Å². The van der Waals surface area contributed by atoms with Gasteiger partial charge in [-0.1, -0.05) is 0 Å². The molecule has 3 aliphatic heterocycles. The maximum Gasteiger partial charge on any atom is 0.224 e. The molecular weight excluding hydrogens is 228 g/mol. The predicted molar refractivity (Wildman–Crippen MR) is 62.7 cm³/mol. The molecule has 2 N–H and O–H groups in total. The molecule has 0 aromatic carbocycles. The van der Waals surface area contributed by atoms with Gasteiger partial charge >= 0.3 is 0 Å². The van der Waals surface area contributed by atoms with E-state index in [4.69, 9.17) is 4.74 Å². The molecule has 1 amide bonds. The molecular formula is C11H19ClN2O2. The third-order valence-corrected chi connectivity index (χ3v) is 3.86. The Morgan fingerprint density at radius 3 is 2.75 bits per heavy atom. The van der Waals surface area contributed by atoms with E-state index in [1.807, 2.05) is 0 Å². The van der Waals surface area contributed by atoms with E-state index in [1.54, 1.807) is 0 Å². The number of ether oxygens (including phenoxy) is 1. The summed E-state index contributed by atoms with van der Waals surface area (Å²) in [5.74, 6) is 0.408. The van der Waals surface area contributed by atoms with Gasteiger partial charge in [-0.3, -0.25) is 4.79 Å². The second-order valence-electron chi connectivity index (χ2n) is 4.91. The highest BCUT2D eigenvalue weighted by Gasteiger charge is 2.42. The Bertz CT molecular complexity index is 269. The standard InChI is InChI=1S/C11H18N2O2.ClH/c14-11(7-3-4-12-6-7)13-9-5-8-1-2-10(9)15-8;/h7-10,12H,1-6H2,(H,13,14);1H/t7-,8-,9-,10+;/m1./s1. The molecule has 3 fully saturated rings. The van der Waals surface area contributed by atoms with E-state index in [0.717, 1.165) is 32.4 Å². The highest BCUT2D eigenvalue weighted by molar-refractivity contribution is 5.85. The molecule has 4 atom stereocenters. The lowest BCUT2D eigenvalue weighted by Crippen LogP contribution is -2.44. The number of nitrogens with one attached hydrogen (secondary N) is 2. The molecule has 5 heteroatoms. The molecule has 0 aliphatic carbocycles. The second-order valence-corrected chi connectivity index (χ2v) is 4.91. The van der Waals surface area contributed by atoms with Crippen LogP contribution in [0, 0.1) is 5.92 Å². The minimum atomic E-state index is 0. The van der Waals surface area contributed by atoms with Gasteiger partial charge in [0, 0.05) is 6.54 Å². The van der Waals surface area contributed by atoms with Gasteiger partial charge in [0.05, 0.1) is 24.2 Å². The smallest absolute Gasteiger partial charge is 0.224 e. The van der Waals surface area contributed by atoms with E-state index in [2.05, 4.69) is 10.6 Å². The Kier molecular flexibility index (Phi) is 3.72. The van der Waals surface area contributed by atoms with Crippen LogP contribution in [0.25, 0.3) is 0 Å². The molecule has 0 radical (unpaired) electrons. The maximum absolute atomic E-state index is 11.9. The predicted octanol–water partition coefficient (Wildman–Crippen LogP) is 0.454. The SMILES string of the molecule is Cl.O=C(N[C@@H]1C[C@H]2CC[C@@H]1O2)[C@@H]1CCNC1. The first kappa shape index (κ1) is 12.1. The first-order valence-electron chi connectivity index (χ1n) is 5.99. The molecule has 4 nitrogen and oxygen atoms in total. The Balaban J connectivity index is 0.000000963. The summed E-state index contributed by atoms with van der Waals surface area (Å²) in [5, 5.41) is 6.37. The minimum absolute atomic E-state index is 0. The quantitative estimate of drug-likeness (QED) is 0.744. The van der Waals surface area contributed by atoms with Crippen LogP contribution >= 0.6 is 12.4 Å². The zero-order chi connectivity index (χ0) is 10.3. The number of halogens is 1. The number of hydrogen-bond acceptors (Lipinski definition) is 3. The van der Waals surface area contributed by atoms with Crippen molar-refractivity contribution in [1.82, 2.24) is 10.6 Å². The van der Waals surface area contributed by atoms with Crippen LogP contribution in [0.4, 0.5) is 0 Å². The average Bonchev–Trinajstić information content (AvgIpc) is 2.95. The van der Waals surface area contributed by atoms with Crippen molar-refractivity contribution in [3.05, 3.63) is 0 Å². The highest BCUT2D eigenvalue weighted by Crippen LogP contribution is 2.34. The van der Waals surface area contributed by atoms with E-state index in [9.17, 15) is 4.79 Å². The summed E-state index contributed by atoms with van der Waals surface area (Å²) < 4.78 is 5.72. The third-order valence-electron chi connectivity index (χ3n) is 3.86. The molecule has 92 valence electrons. The van der Waals surface area contributed by atoms with Crippen molar-refractivity contribution >= 4 is 18.3 Å². The van der Waals surface area contributed by atoms with E-state index in [-0.39, 0.29) is 30.3 Å². The van der Waals surface area contributed by atoms with Crippen LogP contribution in [0.2, 0.25) is 0 Å². The number of hydrogen-bond donors (Lipinski definition) is 2. The van der Waals surface area contributed by atoms with Crippen molar-refractivity contribution in [3.8, 4) is 0 Å². The molecule has 0 unspecified atom stereocenters. The molecule has 3 rings (SSSR count). The fourth-order valence-corrected chi connectivity index (χ4v) is 2.97. The van der Waals surface area contributed by atoms with Gasteiger partial charge in [0.25, 0.3) is 0 Å². The summed E-state index contributed by atoms with van der Waals surface area (Å²) in [7, 11) is 0. The first-order valence-corrected chi connectivity index (χ1v) is 5.99. The van der Waals surface area contributed by atoms with Crippen molar-refractivity contribution in [3.63, 3.8) is 0 Å². The van der Waals surface area contributed by atoms with Gasteiger partial charge in [-0.2, -0.15) is 0 Å². The van der Waals surface area contributed by atoms with Crippen LogP contribution in [0.15, 0.2) is 0 Å². The molecule has 3 heterocycles. The zero-order valence-corrected chi connectivity index (χ0v) is 10.1. The first-order chi connectivity index (χ1) is 7.33.